The summed E-state index contributed by atoms with van der Waals surface area (Å²) in [6.07, 6.45) is 4.42. The van der Waals surface area contributed by atoms with Gasteiger partial charge in [0.15, 0.2) is 0 Å². The van der Waals surface area contributed by atoms with Gasteiger partial charge in [-0.1, -0.05) is 47.3 Å². The zero-order valence-electron chi connectivity index (χ0n) is 18.4. The van der Waals surface area contributed by atoms with Gasteiger partial charge in [-0.15, -0.1) is 0 Å². The molecule has 0 aliphatic heterocycles. The van der Waals surface area contributed by atoms with Crippen LogP contribution in [0.3, 0.4) is 0 Å². The average molecular weight is 523 g/mol. The second-order valence-electron chi connectivity index (χ2n) is 8.63. The number of nitrogens with one attached hydrogen (secondary N) is 3. The molecule has 1 fully saturated rings. The molecule has 1 heterocycles. The quantitative estimate of drug-likeness (QED) is 0.319. The van der Waals surface area contributed by atoms with Crippen LogP contribution < -0.4 is 10.6 Å². The number of hydrogen-bond donors (Lipinski definition) is 3. The van der Waals surface area contributed by atoms with E-state index in [1.807, 2.05) is 0 Å². The van der Waals surface area contributed by atoms with Crippen LogP contribution in [0.25, 0.3) is 10.9 Å². The Morgan fingerprint density at radius 1 is 1.21 bits per heavy atom. The van der Waals surface area contributed by atoms with Crippen LogP contribution in [0.5, 0.6) is 0 Å². The van der Waals surface area contributed by atoms with E-state index in [9.17, 15) is 14.0 Å². The van der Waals surface area contributed by atoms with Gasteiger partial charge in [-0.25, -0.2) is 4.39 Å². The summed E-state index contributed by atoms with van der Waals surface area (Å²) in [5.41, 5.74) is 2.48. The molecule has 0 spiro atoms. The van der Waals surface area contributed by atoms with E-state index < -0.39 is 17.8 Å². The van der Waals surface area contributed by atoms with Crippen LogP contribution in [0.2, 0.25) is 15.1 Å². The number of halogens is 4. The summed E-state index contributed by atoms with van der Waals surface area (Å²) < 4.78 is 14.0. The summed E-state index contributed by atoms with van der Waals surface area (Å²) in [6, 6.07) is 8.33. The van der Waals surface area contributed by atoms with Crippen molar-refractivity contribution < 1.29 is 14.0 Å². The van der Waals surface area contributed by atoms with Crippen LogP contribution >= 0.6 is 34.8 Å². The lowest BCUT2D eigenvalue weighted by atomic mass is 10.1. The predicted octanol–water partition coefficient (Wildman–Crippen LogP) is 6.60. The van der Waals surface area contributed by atoms with Crippen LogP contribution in [0.15, 0.2) is 48.0 Å². The number of rotatable bonds is 6. The number of allylic oxidation sites excluding steroid dienone is 1. The van der Waals surface area contributed by atoms with Gasteiger partial charge in [0.2, 0.25) is 5.91 Å². The highest BCUT2D eigenvalue weighted by Crippen LogP contribution is 2.31. The third-order valence-electron chi connectivity index (χ3n) is 5.91. The number of aromatic nitrogens is 1. The first-order chi connectivity index (χ1) is 16.2. The van der Waals surface area contributed by atoms with Crippen molar-refractivity contribution in [2.45, 2.75) is 32.2 Å². The highest BCUT2D eigenvalue weighted by molar-refractivity contribution is 6.45. The lowest BCUT2D eigenvalue weighted by molar-refractivity contribution is -0.117. The van der Waals surface area contributed by atoms with Crippen molar-refractivity contribution in [3.8, 4) is 0 Å². The molecule has 2 amide bonds. The Bertz CT molecular complexity index is 1270. The fourth-order valence-electron chi connectivity index (χ4n) is 4.20. The lowest BCUT2D eigenvalue weighted by Crippen LogP contribution is -2.37. The van der Waals surface area contributed by atoms with Crippen LogP contribution in [0, 0.1) is 11.7 Å². The molecule has 9 heteroatoms. The Morgan fingerprint density at radius 2 is 2.00 bits per heavy atom. The molecule has 3 N–H and O–H groups in total. The van der Waals surface area contributed by atoms with E-state index in [-0.39, 0.29) is 23.2 Å². The second kappa shape index (κ2) is 10.4. The van der Waals surface area contributed by atoms with E-state index in [1.165, 1.54) is 12.1 Å². The summed E-state index contributed by atoms with van der Waals surface area (Å²) in [4.78, 5) is 28.5. The number of fused-ring (bicyclic) bond motifs is 1. The van der Waals surface area contributed by atoms with Gasteiger partial charge < -0.3 is 15.6 Å². The monoisotopic (exact) mass is 521 g/mol. The Kier molecular flexibility index (Phi) is 7.51. The van der Waals surface area contributed by atoms with Crippen molar-refractivity contribution in [1.82, 2.24) is 15.6 Å². The molecule has 5 nitrogen and oxygen atoms in total. The van der Waals surface area contributed by atoms with Crippen molar-refractivity contribution in [2.24, 2.45) is 5.92 Å². The van der Waals surface area contributed by atoms with E-state index in [4.69, 9.17) is 34.8 Å². The Morgan fingerprint density at radius 3 is 2.71 bits per heavy atom. The summed E-state index contributed by atoms with van der Waals surface area (Å²) in [6.45, 7) is 2.17. The van der Waals surface area contributed by atoms with Gasteiger partial charge in [-0.05, 0) is 67.1 Å². The summed E-state index contributed by atoms with van der Waals surface area (Å²) >= 11 is 18.3. The molecule has 0 bridgehead atoms. The first kappa shape index (κ1) is 24.6. The highest BCUT2D eigenvalue weighted by Gasteiger charge is 2.20. The van der Waals surface area contributed by atoms with Gasteiger partial charge in [0.05, 0.1) is 16.1 Å². The molecule has 34 heavy (non-hydrogen) atoms. The normalized spacial score (nSPS) is 17.8. The summed E-state index contributed by atoms with van der Waals surface area (Å²) in [5.74, 6) is -0.682. The number of hydrogen-bond acceptors (Lipinski definition) is 2. The maximum atomic E-state index is 14.0. The van der Waals surface area contributed by atoms with E-state index in [0.717, 1.165) is 24.8 Å². The molecule has 178 valence electrons. The fourth-order valence-corrected chi connectivity index (χ4v) is 4.81. The smallest absolute Gasteiger partial charge is 0.267 e. The minimum absolute atomic E-state index is 0.0216. The van der Waals surface area contributed by atoms with Crippen molar-refractivity contribution >= 4 is 57.5 Å². The molecule has 0 radical (unpaired) electrons. The number of amides is 2. The van der Waals surface area contributed by atoms with E-state index in [2.05, 4.69) is 22.5 Å². The molecule has 1 aliphatic carbocycles. The maximum Gasteiger partial charge on any atom is 0.267 e. The predicted molar refractivity (Wildman–Crippen MR) is 134 cm³/mol. The van der Waals surface area contributed by atoms with Crippen LogP contribution in [0.1, 0.15) is 48.3 Å². The molecule has 1 aromatic heterocycles. The number of carbonyl (C=O) groups is 2. The molecular formula is C25H23Cl3FN3O2. The van der Waals surface area contributed by atoms with E-state index in [1.54, 1.807) is 30.3 Å². The molecule has 3 aromatic rings. The van der Waals surface area contributed by atoms with Crippen molar-refractivity contribution in [2.75, 3.05) is 6.54 Å². The van der Waals surface area contributed by atoms with Crippen LogP contribution in [-0.4, -0.2) is 23.3 Å². The Hall–Kier alpha value is -2.54. The zero-order chi connectivity index (χ0) is 24.4. The van der Waals surface area contributed by atoms with E-state index in [0.29, 0.717) is 32.4 Å². The molecule has 1 saturated carbocycles. The van der Waals surface area contributed by atoms with Crippen LogP contribution in [-0.2, 0) is 4.79 Å². The second-order valence-corrected chi connectivity index (χ2v) is 9.85. The SMILES string of the molecule is CC1CC/C(=C\C(=O)NC(CNC(=O)c2cc3c(Cl)c(Cl)ccc3[nH]2)c2cc(F)cc(Cl)c2)C1. The van der Waals surface area contributed by atoms with Crippen molar-refractivity contribution in [3.63, 3.8) is 0 Å². The first-order valence-corrected chi connectivity index (χ1v) is 12.0. The molecule has 1 aliphatic rings. The van der Waals surface area contributed by atoms with E-state index >= 15 is 0 Å². The van der Waals surface area contributed by atoms with Gasteiger partial charge >= 0.3 is 0 Å². The minimum atomic E-state index is -0.692. The fraction of sp³-hybridized carbons (Fsp3) is 0.280. The standard InChI is InChI=1S/C25H23Cl3FN3O2/c1-13-2-3-14(6-13)7-23(33)32-22(15-8-16(26)10-17(29)9-15)12-30-25(34)21-11-18-20(31-21)5-4-19(27)24(18)28/h4-5,7-11,13,22,31H,2-3,6,12H2,1H3,(H,30,34)(H,32,33)/b14-7+. The van der Waals surface area contributed by atoms with Crippen molar-refractivity contribution in [3.05, 3.63) is 80.2 Å². The molecule has 2 atom stereocenters. The third-order valence-corrected chi connectivity index (χ3v) is 6.95. The Labute approximate surface area is 211 Å². The van der Waals surface area contributed by atoms with Gasteiger partial charge in [0, 0.05) is 28.5 Å². The Balaban J connectivity index is 1.52. The number of benzene rings is 2. The molecule has 4 rings (SSSR count). The number of aromatic amines is 1. The van der Waals surface area contributed by atoms with Crippen molar-refractivity contribution in [1.29, 1.82) is 0 Å². The molecular weight excluding hydrogens is 500 g/mol. The average Bonchev–Trinajstić information content (AvgIpc) is 3.39. The van der Waals surface area contributed by atoms with Gasteiger partial charge in [-0.2, -0.15) is 0 Å². The number of H-pyrrole nitrogens is 1. The molecule has 0 saturated heterocycles. The zero-order valence-corrected chi connectivity index (χ0v) is 20.6. The highest BCUT2D eigenvalue weighted by atomic mass is 35.5. The third kappa shape index (κ3) is 5.74. The van der Waals surface area contributed by atoms with Gasteiger partial charge in [-0.3, -0.25) is 9.59 Å². The summed E-state index contributed by atoms with van der Waals surface area (Å²) in [7, 11) is 0. The summed E-state index contributed by atoms with van der Waals surface area (Å²) in [5, 5.41) is 7.23. The van der Waals surface area contributed by atoms with Crippen LogP contribution in [0.4, 0.5) is 4.39 Å². The largest absolute Gasteiger partial charge is 0.350 e. The number of carbonyl (C=O) groups excluding carboxylic acids is 2. The lowest BCUT2D eigenvalue weighted by Gasteiger charge is -2.20. The minimum Gasteiger partial charge on any atom is -0.350 e. The first-order valence-electron chi connectivity index (χ1n) is 10.9. The molecule has 2 unspecified atom stereocenters. The topological polar surface area (TPSA) is 74.0 Å². The maximum absolute atomic E-state index is 14.0. The molecule has 2 aromatic carbocycles. The van der Waals surface area contributed by atoms with Gasteiger partial charge in [0.25, 0.3) is 5.91 Å². The van der Waals surface area contributed by atoms with Gasteiger partial charge in [0.1, 0.15) is 11.5 Å².